The Bertz CT molecular complexity index is 1970. The van der Waals surface area contributed by atoms with Crippen LogP contribution in [-0.2, 0) is 4.79 Å². The van der Waals surface area contributed by atoms with Crippen LogP contribution in [0.15, 0.2) is 49.3 Å². The normalized spacial score (nSPS) is 10.9. The molecule has 16 nitrogen and oxygen atoms in total. The number of fused-ring (bicyclic) bond motifs is 2. The van der Waals surface area contributed by atoms with Crippen LogP contribution in [0.2, 0.25) is 20.9 Å². The number of pyridine rings is 2. The molecular weight excluding hydrogens is 638 g/mol. The highest BCUT2D eigenvalue weighted by molar-refractivity contribution is 6.35. The second kappa shape index (κ2) is 11.7. The van der Waals surface area contributed by atoms with E-state index in [1.54, 1.807) is 10.6 Å². The maximum atomic E-state index is 11.1. The first-order chi connectivity index (χ1) is 20.0. The van der Waals surface area contributed by atoms with E-state index in [4.69, 9.17) is 46.4 Å². The molecular formula is C22H12Cl4N12O4. The summed E-state index contributed by atoms with van der Waals surface area (Å²) in [5.74, 6) is 0.354. The van der Waals surface area contributed by atoms with Gasteiger partial charge in [-0.25, -0.2) is 29.9 Å². The Morgan fingerprint density at radius 2 is 1.31 bits per heavy atom. The molecule has 42 heavy (non-hydrogen) atoms. The lowest BCUT2D eigenvalue weighted by Crippen LogP contribution is -2.23. The topological polar surface area (TPSA) is 197 Å². The van der Waals surface area contributed by atoms with Crippen LogP contribution in [0.3, 0.4) is 0 Å². The van der Waals surface area contributed by atoms with Crippen molar-refractivity contribution in [3.8, 4) is 11.6 Å². The van der Waals surface area contributed by atoms with Crippen LogP contribution in [0.5, 0.6) is 0 Å². The fraction of sp³-hybridized carbons (Fsp3) is 0.0455. The zero-order chi connectivity index (χ0) is 30.1. The minimum Gasteiger partial charge on any atom is -0.281 e. The van der Waals surface area contributed by atoms with Crippen molar-refractivity contribution in [3.05, 3.63) is 80.3 Å². The summed E-state index contributed by atoms with van der Waals surface area (Å²) >= 11 is 23.4. The Hall–Kier alpha value is -4.61. The Labute approximate surface area is 253 Å². The molecule has 1 amide bonds. The van der Waals surface area contributed by atoms with Crippen molar-refractivity contribution in [1.29, 1.82) is 0 Å². The molecule has 6 aromatic heterocycles. The van der Waals surface area contributed by atoms with E-state index in [9.17, 15) is 20.1 Å². The molecule has 6 aromatic rings. The number of aromatic nitrogens is 10. The van der Waals surface area contributed by atoms with Crippen molar-refractivity contribution >= 4 is 86.0 Å². The van der Waals surface area contributed by atoms with Crippen LogP contribution in [0.1, 0.15) is 6.92 Å². The largest absolute Gasteiger partial charge is 0.287 e. The molecule has 0 aromatic carbocycles. The number of hydrogen-bond acceptors (Lipinski definition) is 12. The lowest BCUT2D eigenvalue weighted by Gasteiger charge is -2.12. The number of carbonyl (C=O) groups is 1. The van der Waals surface area contributed by atoms with Crippen molar-refractivity contribution < 1.29 is 14.9 Å². The molecule has 20 heteroatoms. The Kier molecular flexibility index (Phi) is 8.06. The predicted octanol–water partition coefficient (Wildman–Crippen LogP) is 4.68. The maximum Gasteiger partial charge on any atom is 0.287 e. The van der Waals surface area contributed by atoms with Gasteiger partial charge in [-0.1, -0.05) is 23.2 Å². The molecule has 0 saturated heterocycles. The zero-order valence-corrected chi connectivity index (χ0v) is 23.7. The third-order valence-electron chi connectivity index (χ3n) is 5.36. The van der Waals surface area contributed by atoms with Crippen LogP contribution in [0, 0.1) is 10.1 Å². The van der Waals surface area contributed by atoms with Crippen molar-refractivity contribution in [1.82, 2.24) is 49.0 Å². The predicted molar refractivity (Wildman–Crippen MR) is 151 cm³/mol. The van der Waals surface area contributed by atoms with Gasteiger partial charge in [0, 0.05) is 13.0 Å². The third-order valence-corrected chi connectivity index (χ3v) is 6.23. The standard InChI is InChI=1S/C12H8Cl2N6O2.C10H4Cl2N6O2/c1-6(21)20(22)7-2-3-8(15-4-7)19-5-16-9-10(13)17-12(14)18-11(9)19;11-8-7-9(16-10(12)15-8)17(4-14-7)6-2-1-5(3-13-6)18(19)20/h2-5,22H,1H3;1-4H. The maximum absolute atomic E-state index is 11.1. The molecule has 0 unspecified atom stereocenters. The van der Waals surface area contributed by atoms with E-state index in [-0.39, 0.29) is 32.2 Å². The van der Waals surface area contributed by atoms with E-state index in [0.29, 0.717) is 39.0 Å². The molecule has 0 aliphatic rings. The van der Waals surface area contributed by atoms with Gasteiger partial charge < -0.3 is 0 Å². The number of rotatable bonds is 4. The lowest BCUT2D eigenvalue weighted by atomic mass is 10.4. The highest BCUT2D eigenvalue weighted by atomic mass is 35.5. The van der Waals surface area contributed by atoms with Gasteiger partial charge in [0.1, 0.15) is 41.5 Å². The second-order valence-electron chi connectivity index (χ2n) is 7.98. The molecule has 0 radical (unpaired) electrons. The van der Waals surface area contributed by atoms with Crippen LogP contribution in [-0.4, -0.2) is 65.0 Å². The zero-order valence-electron chi connectivity index (χ0n) is 20.7. The molecule has 0 fully saturated rings. The van der Waals surface area contributed by atoms with Crippen LogP contribution >= 0.6 is 46.4 Å². The number of carbonyl (C=O) groups excluding carboxylic acids is 1. The highest BCUT2D eigenvalue weighted by Crippen LogP contribution is 2.24. The second-order valence-corrected chi connectivity index (χ2v) is 9.37. The number of hydrogen-bond donors (Lipinski definition) is 1. The summed E-state index contributed by atoms with van der Waals surface area (Å²) in [6.45, 7) is 1.23. The summed E-state index contributed by atoms with van der Waals surface area (Å²) in [7, 11) is 0. The van der Waals surface area contributed by atoms with Crippen LogP contribution in [0.25, 0.3) is 34.0 Å². The van der Waals surface area contributed by atoms with Crippen LogP contribution < -0.4 is 5.06 Å². The van der Waals surface area contributed by atoms with Crippen LogP contribution in [0.4, 0.5) is 11.4 Å². The van der Waals surface area contributed by atoms with E-state index < -0.39 is 10.8 Å². The van der Waals surface area contributed by atoms with Gasteiger partial charge >= 0.3 is 0 Å². The lowest BCUT2D eigenvalue weighted by molar-refractivity contribution is -0.385. The van der Waals surface area contributed by atoms with Gasteiger partial charge in [-0.15, -0.1) is 0 Å². The summed E-state index contributed by atoms with van der Waals surface area (Å²) < 4.78 is 3.08. The van der Waals surface area contributed by atoms with E-state index in [1.807, 2.05) is 0 Å². The molecule has 212 valence electrons. The first-order valence-electron chi connectivity index (χ1n) is 11.2. The van der Waals surface area contributed by atoms with E-state index in [1.165, 1.54) is 48.5 Å². The monoisotopic (exact) mass is 648 g/mol. The van der Waals surface area contributed by atoms with Crippen molar-refractivity contribution in [2.24, 2.45) is 0 Å². The van der Waals surface area contributed by atoms with Crippen molar-refractivity contribution in [2.75, 3.05) is 5.06 Å². The summed E-state index contributed by atoms with van der Waals surface area (Å²) in [4.78, 5) is 53.2. The number of imidazole rings is 2. The summed E-state index contributed by atoms with van der Waals surface area (Å²) in [5.41, 5.74) is 1.67. The third kappa shape index (κ3) is 5.74. The molecule has 0 spiro atoms. The number of amides is 1. The molecule has 0 aliphatic carbocycles. The number of halogens is 4. The quantitative estimate of drug-likeness (QED) is 0.0910. The summed E-state index contributed by atoms with van der Waals surface area (Å²) in [6.07, 6.45) is 5.40. The summed E-state index contributed by atoms with van der Waals surface area (Å²) in [6, 6.07) is 5.92. The molecule has 0 saturated carbocycles. The minimum absolute atomic E-state index is 0.00557. The minimum atomic E-state index is -0.529. The number of hydroxylamine groups is 1. The van der Waals surface area contributed by atoms with Gasteiger partial charge in [-0.3, -0.25) is 29.3 Å². The van der Waals surface area contributed by atoms with Crippen molar-refractivity contribution in [3.63, 3.8) is 0 Å². The molecule has 0 aliphatic heterocycles. The number of nitro groups is 1. The van der Waals surface area contributed by atoms with Gasteiger partial charge in [0.25, 0.3) is 5.69 Å². The van der Waals surface area contributed by atoms with Crippen molar-refractivity contribution in [2.45, 2.75) is 6.92 Å². The summed E-state index contributed by atoms with van der Waals surface area (Å²) in [5, 5.41) is 20.9. The fourth-order valence-electron chi connectivity index (χ4n) is 3.47. The first kappa shape index (κ1) is 28.9. The number of nitrogens with zero attached hydrogens (tertiary/aromatic N) is 12. The first-order valence-corrected chi connectivity index (χ1v) is 12.7. The van der Waals surface area contributed by atoms with Gasteiger partial charge in [-0.2, -0.15) is 15.0 Å². The molecule has 0 bridgehead atoms. The fourth-order valence-corrected chi connectivity index (χ4v) is 4.32. The number of anilines is 1. The smallest absolute Gasteiger partial charge is 0.281 e. The van der Waals surface area contributed by atoms with Gasteiger partial charge in [0.15, 0.2) is 21.6 Å². The molecule has 0 atom stereocenters. The Morgan fingerprint density at radius 1 is 0.810 bits per heavy atom. The Balaban J connectivity index is 0.000000169. The highest BCUT2D eigenvalue weighted by Gasteiger charge is 2.15. The molecule has 6 heterocycles. The SMILES string of the molecule is CC(=O)N(O)c1ccc(-n2cnc3c(Cl)nc(Cl)nc32)nc1.O=[N+]([O-])c1ccc(-n2cnc3c(Cl)nc(Cl)nc32)nc1. The van der Waals surface area contributed by atoms with E-state index in [2.05, 4.69) is 39.9 Å². The van der Waals surface area contributed by atoms with Gasteiger partial charge in [0.05, 0.1) is 16.8 Å². The Morgan fingerprint density at radius 3 is 1.71 bits per heavy atom. The average Bonchev–Trinajstić information content (AvgIpc) is 3.58. The molecule has 1 N–H and O–H groups in total. The van der Waals surface area contributed by atoms with E-state index >= 15 is 0 Å². The average molecular weight is 650 g/mol. The van der Waals surface area contributed by atoms with E-state index in [0.717, 1.165) is 6.20 Å². The molecule has 6 rings (SSSR count). The van der Waals surface area contributed by atoms with Gasteiger partial charge in [0.2, 0.25) is 16.5 Å². The van der Waals surface area contributed by atoms with Gasteiger partial charge in [-0.05, 0) is 41.4 Å².